The van der Waals surface area contributed by atoms with Crippen LogP contribution in [0.25, 0.3) is 0 Å². The molecule has 0 bridgehead atoms. The second-order valence-corrected chi connectivity index (χ2v) is 8.09. The van der Waals surface area contributed by atoms with E-state index in [4.69, 9.17) is 0 Å². The maximum Gasteiger partial charge on any atom is 0.228 e. The summed E-state index contributed by atoms with van der Waals surface area (Å²) in [4.78, 5) is 25.5. The third kappa shape index (κ3) is 4.50. The largest absolute Gasteiger partial charge is 0.353 e. The van der Waals surface area contributed by atoms with Crippen LogP contribution in [0.5, 0.6) is 0 Å². The average Bonchev–Trinajstić information content (AvgIpc) is 3.06. The molecule has 2 saturated carbocycles. The Bertz CT molecular complexity index is 434. The van der Waals surface area contributed by atoms with Gasteiger partial charge in [0.05, 0.1) is 5.41 Å². The molecule has 0 aromatic heterocycles. The molecule has 3 N–H and O–H groups in total. The zero-order chi connectivity index (χ0) is 16.8. The van der Waals surface area contributed by atoms with Gasteiger partial charge in [-0.1, -0.05) is 38.5 Å². The Labute approximate surface area is 145 Å². The Morgan fingerprint density at radius 2 is 1.46 bits per heavy atom. The van der Waals surface area contributed by atoms with Crippen LogP contribution < -0.4 is 16.0 Å². The van der Waals surface area contributed by atoms with Crippen LogP contribution in [0.3, 0.4) is 0 Å². The average molecular weight is 335 g/mol. The first kappa shape index (κ1) is 17.7. The van der Waals surface area contributed by atoms with Crippen LogP contribution in [-0.4, -0.2) is 37.0 Å². The summed E-state index contributed by atoms with van der Waals surface area (Å²) in [5.41, 5.74) is -0.545. The Kier molecular flexibility index (Phi) is 6.14. The second kappa shape index (κ2) is 8.32. The highest BCUT2D eigenvalue weighted by Crippen LogP contribution is 2.31. The van der Waals surface area contributed by atoms with Gasteiger partial charge in [0.1, 0.15) is 0 Å². The number of hydrogen-bond acceptors (Lipinski definition) is 3. The van der Waals surface area contributed by atoms with Crippen LogP contribution in [0.2, 0.25) is 0 Å². The topological polar surface area (TPSA) is 70.2 Å². The van der Waals surface area contributed by atoms with Crippen LogP contribution >= 0.6 is 0 Å². The van der Waals surface area contributed by atoms with E-state index in [1.165, 1.54) is 38.5 Å². The Morgan fingerprint density at radius 1 is 0.875 bits per heavy atom. The maximum absolute atomic E-state index is 12.9. The van der Waals surface area contributed by atoms with Gasteiger partial charge in [-0.2, -0.15) is 0 Å². The van der Waals surface area contributed by atoms with Crippen molar-refractivity contribution in [2.24, 2.45) is 5.41 Å². The van der Waals surface area contributed by atoms with Gasteiger partial charge in [0, 0.05) is 25.0 Å². The predicted octanol–water partition coefficient (Wildman–Crippen LogP) is 2.25. The Hall–Kier alpha value is -1.10. The first-order valence-electron chi connectivity index (χ1n) is 9.99. The zero-order valence-corrected chi connectivity index (χ0v) is 14.9. The van der Waals surface area contributed by atoms with Crippen LogP contribution in [-0.2, 0) is 9.59 Å². The number of amides is 2. The Morgan fingerprint density at radius 3 is 2.00 bits per heavy atom. The van der Waals surface area contributed by atoms with E-state index >= 15 is 0 Å². The molecule has 0 spiro atoms. The maximum atomic E-state index is 12.9. The summed E-state index contributed by atoms with van der Waals surface area (Å²) < 4.78 is 0. The van der Waals surface area contributed by atoms with Gasteiger partial charge in [-0.3, -0.25) is 9.59 Å². The van der Waals surface area contributed by atoms with Gasteiger partial charge in [0.25, 0.3) is 0 Å². The fourth-order valence-electron chi connectivity index (χ4n) is 4.59. The molecule has 24 heavy (non-hydrogen) atoms. The van der Waals surface area contributed by atoms with E-state index in [0.29, 0.717) is 25.0 Å². The van der Waals surface area contributed by atoms with Crippen molar-refractivity contribution in [1.82, 2.24) is 16.0 Å². The van der Waals surface area contributed by atoms with Gasteiger partial charge in [-0.25, -0.2) is 0 Å². The van der Waals surface area contributed by atoms with Crippen LogP contribution in [0.1, 0.15) is 77.0 Å². The lowest BCUT2D eigenvalue weighted by molar-refractivity contribution is -0.136. The number of carbonyl (C=O) groups is 2. The SMILES string of the molecule is O=C(CC1(C(=O)NC2CCCCC2)CCNC1)NC1CCCCC1. The van der Waals surface area contributed by atoms with E-state index in [-0.39, 0.29) is 11.8 Å². The van der Waals surface area contributed by atoms with E-state index in [1.54, 1.807) is 0 Å². The summed E-state index contributed by atoms with van der Waals surface area (Å²) in [6.45, 7) is 1.46. The van der Waals surface area contributed by atoms with Gasteiger partial charge in [0.2, 0.25) is 11.8 Å². The molecule has 1 saturated heterocycles. The van der Waals surface area contributed by atoms with Crippen LogP contribution in [0.4, 0.5) is 0 Å². The summed E-state index contributed by atoms with van der Waals surface area (Å²) in [5.74, 6) is 0.155. The van der Waals surface area contributed by atoms with Gasteiger partial charge in [-0.15, -0.1) is 0 Å². The van der Waals surface area contributed by atoms with Gasteiger partial charge in [-0.05, 0) is 38.6 Å². The molecule has 1 aliphatic heterocycles. The third-order valence-corrected chi connectivity index (χ3v) is 6.14. The molecule has 5 heteroatoms. The van der Waals surface area contributed by atoms with Crippen molar-refractivity contribution in [3.63, 3.8) is 0 Å². The van der Waals surface area contributed by atoms with Crippen molar-refractivity contribution in [1.29, 1.82) is 0 Å². The molecule has 1 atom stereocenters. The fourth-order valence-corrected chi connectivity index (χ4v) is 4.59. The van der Waals surface area contributed by atoms with Gasteiger partial charge in [0.15, 0.2) is 0 Å². The lowest BCUT2D eigenvalue weighted by atomic mass is 9.81. The minimum Gasteiger partial charge on any atom is -0.353 e. The summed E-state index contributed by atoms with van der Waals surface area (Å²) in [6.07, 6.45) is 12.8. The molecule has 2 amide bonds. The molecular formula is C19H33N3O2. The highest BCUT2D eigenvalue weighted by molar-refractivity contribution is 5.89. The van der Waals surface area contributed by atoms with Crippen molar-refractivity contribution in [2.45, 2.75) is 89.1 Å². The molecule has 3 fully saturated rings. The first-order chi connectivity index (χ1) is 11.7. The highest BCUT2D eigenvalue weighted by Gasteiger charge is 2.43. The number of hydrogen-bond donors (Lipinski definition) is 3. The standard InChI is InChI=1S/C19H33N3O2/c23-17(21-15-7-3-1-4-8-15)13-19(11-12-20-14-19)18(24)22-16-9-5-2-6-10-16/h15-16,20H,1-14H2,(H,21,23)(H,22,24). The summed E-state index contributed by atoms with van der Waals surface area (Å²) in [7, 11) is 0. The van der Waals surface area contributed by atoms with Crippen molar-refractivity contribution < 1.29 is 9.59 Å². The third-order valence-electron chi connectivity index (χ3n) is 6.14. The lowest BCUT2D eigenvalue weighted by Crippen LogP contribution is -2.50. The molecule has 3 aliphatic rings. The van der Waals surface area contributed by atoms with E-state index in [0.717, 1.165) is 38.6 Å². The van der Waals surface area contributed by atoms with Crippen molar-refractivity contribution >= 4 is 11.8 Å². The highest BCUT2D eigenvalue weighted by atomic mass is 16.2. The molecular weight excluding hydrogens is 302 g/mol. The number of nitrogens with one attached hydrogen (secondary N) is 3. The summed E-state index contributed by atoms with van der Waals surface area (Å²) >= 11 is 0. The Balaban J connectivity index is 1.55. The molecule has 1 heterocycles. The predicted molar refractivity (Wildman–Crippen MR) is 94.6 cm³/mol. The van der Waals surface area contributed by atoms with Crippen molar-refractivity contribution in [3.8, 4) is 0 Å². The molecule has 0 aromatic rings. The smallest absolute Gasteiger partial charge is 0.228 e. The molecule has 0 aromatic carbocycles. The van der Waals surface area contributed by atoms with E-state index < -0.39 is 5.41 Å². The van der Waals surface area contributed by atoms with Crippen molar-refractivity contribution in [3.05, 3.63) is 0 Å². The normalized spacial score (nSPS) is 29.3. The minimum atomic E-state index is -0.545. The molecule has 2 aliphatic carbocycles. The first-order valence-corrected chi connectivity index (χ1v) is 9.99. The summed E-state index contributed by atoms with van der Waals surface area (Å²) in [6, 6.07) is 0.629. The fraction of sp³-hybridized carbons (Fsp3) is 0.895. The van der Waals surface area contributed by atoms with Crippen LogP contribution in [0.15, 0.2) is 0 Å². The van der Waals surface area contributed by atoms with E-state index in [9.17, 15) is 9.59 Å². The number of rotatable bonds is 5. The number of carbonyl (C=O) groups excluding carboxylic acids is 2. The van der Waals surface area contributed by atoms with Crippen molar-refractivity contribution in [2.75, 3.05) is 13.1 Å². The van der Waals surface area contributed by atoms with Gasteiger partial charge < -0.3 is 16.0 Å². The minimum absolute atomic E-state index is 0.0596. The monoisotopic (exact) mass is 335 g/mol. The second-order valence-electron chi connectivity index (χ2n) is 8.09. The molecule has 136 valence electrons. The van der Waals surface area contributed by atoms with E-state index in [2.05, 4.69) is 16.0 Å². The molecule has 1 unspecified atom stereocenters. The lowest BCUT2D eigenvalue weighted by Gasteiger charge is -2.32. The zero-order valence-electron chi connectivity index (χ0n) is 14.9. The molecule has 5 nitrogen and oxygen atoms in total. The quantitative estimate of drug-likeness (QED) is 0.722. The molecule has 0 radical (unpaired) electrons. The van der Waals surface area contributed by atoms with Gasteiger partial charge >= 0.3 is 0 Å². The molecule has 3 rings (SSSR count). The van der Waals surface area contributed by atoms with E-state index in [1.807, 2.05) is 0 Å². The summed E-state index contributed by atoms with van der Waals surface area (Å²) in [5, 5.41) is 9.73. The van der Waals surface area contributed by atoms with Crippen LogP contribution in [0, 0.1) is 5.41 Å².